The lowest BCUT2D eigenvalue weighted by atomic mass is 10.4. The van der Waals surface area contributed by atoms with Gasteiger partial charge in [-0.3, -0.25) is 4.90 Å². The molecule has 7 nitrogen and oxygen atoms in total. The number of aromatic nitrogens is 2. The molecular weight excluding hydrogens is 256 g/mol. The van der Waals surface area contributed by atoms with Gasteiger partial charge in [0.05, 0.1) is 13.2 Å². The van der Waals surface area contributed by atoms with Crippen LogP contribution < -0.4 is 16.4 Å². The first-order valence-corrected chi connectivity index (χ1v) is 7.20. The van der Waals surface area contributed by atoms with E-state index in [2.05, 4.69) is 32.4 Å². The molecule has 112 valence electrons. The van der Waals surface area contributed by atoms with Crippen LogP contribution in [0.1, 0.15) is 13.3 Å². The Kier molecular flexibility index (Phi) is 5.82. The number of nitrogens with one attached hydrogen (secondary N) is 2. The minimum absolute atomic E-state index is 0.292. The van der Waals surface area contributed by atoms with E-state index >= 15 is 0 Å². The zero-order valence-electron chi connectivity index (χ0n) is 12.1. The number of ether oxygens (including phenoxy) is 1. The number of nitrogens with zero attached hydrogens (tertiary/aromatic N) is 3. The third-order valence-corrected chi connectivity index (χ3v) is 3.14. The average Bonchev–Trinajstić information content (AvgIpc) is 2.46. The molecular formula is C13H24N6O. The van der Waals surface area contributed by atoms with Crippen LogP contribution >= 0.6 is 0 Å². The number of anilines is 3. The summed E-state index contributed by atoms with van der Waals surface area (Å²) >= 11 is 0. The summed E-state index contributed by atoms with van der Waals surface area (Å²) in [7, 11) is 0. The van der Waals surface area contributed by atoms with E-state index in [-0.39, 0.29) is 0 Å². The van der Waals surface area contributed by atoms with Gasteiger partial charge in [-0.2, -0.15) is 9.97 Å². The zero-order chi connectivity index (χ0) is 14.2. The number of nitrogens with two attached hydrogens (primary N) is 1. The van der Waals surface area contributed by atoms with Crippen LogP contribution in [0.2, 0.25) is 0 Å². The number of hydrogen-bond acceptors (Lipinski definition) is 7. The van der Waals surface area contributed by atoms with Gasteiger partial charge in [0.25, 0.3) is 0 Å². The van der Waals surface area contributed by atoms with Crippen molar-refractivity contribution in [3.63, 3.8) is 0 Å². The van der Waals surface area contributed by atoms with E-state index in [0.717, 1.165) is 64.0 Å². The molecule has 1 fully saturated rings. The van der Waals surface area contributed by atoms with Gasteiger partial charge in [0.15, 0.2) is 0 Å². The highest BCUT2D eigenvalue weighted by atomic mass is 16.5. The number of hydrogen-bond donors (Lipinski definition) is 3. The highest BCUT2D eigenvalue weighted by Gasteiger charge is 2.09. The normalized spacial score (nSPS) is 16.1. The summed E-state index contributed by atoms with van der Waals surface area (Å²) in [6.45, 7) is 8.45. The van der Waals surface area contributed by atoms with Gasteiger partial charge in [0.1, 0.15) is 11.6 Å². The molecule has 1 aromatic heterocycles. The summed E-state index contributed by atoms with van der Waals surface area (Å²) in [5.41, 5.74) is 5.72. The summed E-state index contributed by atoms with van der Waals surface area (Å²) in [5.74, 6) is 1.83. The van der Waals surface area contributed by atoms with E-state index < -0.39 is 0 Å². The van der Waals surface area contributed by atoms with Gasteiger partial charge < -0.3 is 21.1 Å². The molecule has 0 amide bonds. The Balaban J connectivity index is 1.80. The first-order chi connectivity index (χ1) is 9.78. The summed E-state index contributed by atoms with van der Waals surface area (Å²) < 4.78 is 5.33. The third kappa shape index (κ3) is 4.82. The number of morpholine rings is 1. The molecule has 0 atom stereocenters. The lowest BCUT2D eigenvalue weighted by molar-refractivity contribution is 0.0398. The lowest BCUT2D eigenvalue weighted by Crippen LogP contribution is -2.39. The fourth-order valence-corrected chi connectivity index (χ4v) is 2.07. The third-order valence-electron chi connectivity index (χ3n) is 3.14. The van der Waals surface area contributed by atoms with Crippen molar-refractivity contribution in [2.24, 2.45) is 0 Å². The maximum absolute atomic E-state index is 5.72. The van der Waals surface area contributed by atoms with Gasteiger partial charge in [0, 0.05) is 38.8 Å². The maximum atomic E-state index is 5.72. The molecule has 1 saturated heterocycles. The molecule has 4 N–H and O–H groups in total. The maximum Gasteiger partial charge on any atom is 0.223 e. The van der Waals surface area contributed by atoms with Crippen LogP contribution in [0.15, 0.2) is 6.07 Å². The quantitative estimate of drug-likeness (QED) is 0.675. The van der Waals surface area contributed by atoms with Crippen molar-refractivity contribution in [1.82, 2.24) is 14.9 Å². The van der Waals surface area contributed by atoms with Crippen molar-refractivity contribution in [1.29, 1.82) is 0 Å². The van der Waals surface area contributed by atoms with Crippen LogP contribution in [0, 0.1) is 0 Å². The molecule has 0 unspecified atom stereocenters. The highest BCUT2D eigenvalue weighted by molar-refractivity contribution is 5.50. The van der Waals surface area contributed by atoms with Gasteiger partial charge in [-0.25, -0.2) is 0 Å². The van der Waals surface area contributed by atoms with Crippen molar-refractivity contribution >= 4 is 17.6 Å². The molecule has 0 aromatic carbocycles. The fraction of sp³-hybridized carbons (Fsp3) is 0.692. The van der Waals surface area contributed by atoms with Gasteiger partial charge in [-0.05, 0) is 6.42 Å². The molecule has 7 heteroatoms. The molecule has 2 heterocycles. The average molecular weight is 280 g/mol. The molecule has 1 aliphatic rings. The van der Waals surface area contributed by atoms with Gasteiger partial charge in [-0.15, -0.1) is 0 Å². The monoisotopic (exact) mass is 280 g/mol. The van der Waals surface area contributed by atoms with Crippen LogP contribution in [0.4, 0.5) is 17.6 Å². The van der Waals surface area contributed by atoms with Crippen molar-refractivity contribution in [3.05, 3.63) is 6.07 Å². The summed E-state index contributed by atoms with van der Waals surface area (Å²) in [4.78, 5) is 10.7. The first-order valence-electron chi connectivity index (χ1n) is 7.20. The van der Waals surface area contributed by atoms with Gasteiger partial charge in [0.2, 0.25) is 5.95 Å². The second-order valence-corrected chi connectivity index (χ2v) is 4.80. The van der Waals surface area contributed by atoms with E-state index in [9.17, 15) is 0 Å². The van der Waals surface area contributed by atoms with E-state index in [1.807, 2.05) is 6.07 Å². The predicted octanol–water partition coefficient (Wildman–Crippen LogP) is 0.625. The molecule has 1 aliphatic heterocycles. The van der Waals surface area contributed by atoms with E-state index in [1.54, 1.807) is 0 Å². The van der Waals surface area contributed by atoms with Crippen LogP contribution in [-0.2, 0) is 4.74 Å². The Morgan fingerprint density at radius 2 is 1.85 bits per heavy atom. The second kappa shape index (κ2) is 7.86. The molecule has 2 rings (SSSR count). The molecule has 0 spiro atoms. The van der Waals surface area contributed by atoms with Crippen molar-refractivity contribution in [2.75, 3.05) is 62.3 Å². The summed E-state index contributed by atoms with van der Waals surface area (Å²) in [5, 5.41) is 6.51. The van der Waals surface area contributed by atoms with E-state index in [1.165, 1.54) is 0 Å². The Bertz CT molecular complexity index is 408. The summed E-state index contributed by atoms with van der Waals surface area (Å²) in [6.07, 6.45) is 1.05. The fourth-order valence-electron chi connectivity index (χ4n) is 2.07. The van der Waals surface area contributed by atoms with Crippen LogP contribution in [0.3, 0.4) is 0 Å². The van der Waals surface area contributed by atoms with Crippen molar-refractivity contribution < 1.29 is 4.74 Å². The molecule has 0 radical (unpaired) electrons. The molecule has 0 saturated carbocycles. The first kappa shape index (κ1) is 14.8. The van der Waals surface area contributed by atoms with Crippen LogP contribution in [-0.4, -0.2) is 60.8 Å². The zero-order valence-corrected chi connectivity index (χ0v) is 12.1. The van der Waals surface area contributed by atoms with E-state index in [0.29, 0.717) is 5.95 Å². The number of nitrogen functional groups attached to an aromatic ring is 1. The molecule has 0 bridgehead atoms. The largest absolute Gasteiger partial charge is 0.379 e. The van der Waals surface area contributed by atoms with Gasteiger partial charge >= 0.3 is 0 Å². The number of rotatable bonds is 7. The Morgan fingerprint density at radius 3 is 2.50 bits per heavy atom. The molecule has 0 aliphatic carbocycles. The minimum Gasteiger partial charge on any atom is -0.379 e. The standard InChI is InChI=1S/C13H24N6O/c1-2-3-15-11-10-12(18-13(14)17-11)16-4-5-19-6-8-20-9-7-19/h10H,2-9H2,1H3,(H4,14,15,16,17,18). The lowest BCUT2D eigenvalue weighted by Gasteiger charge is -2.26. The highest BCUT2D eigenvalue weighted by Crippen LogP contribution is 2.12. The van der Waals surface area contributed by atoms with Crippen molar-refractivity contribution in [2.45, 2.75) is 13.3 Å². The smallest absolute Gasteiger partial charge is 0.223 e. The topological polar surface area (TPSA) is 88.3 Å². The predicted molar refractivity (Wildman–Crippen MR) is 81.0 cm³/mol. The Morgan fingerprint density at radius 1 is 1.20 bits per heavy atom. The second-order valence-electron chi connectivity index (χ2n) is 4.80. The van der Waals surface area contributed by atoms with Crippen LogP contribution in [0.25, 0.3) is 0 Å². The Hall–Kier alpha value is -1.60. The SMILES string of the molecule is CCCNc1cc(NCCN2CCOCC2)nc(N)n1. The van der Waals surface area contributed by atoms with Crippen molar-refractivity contribution in [3.8, 4) is 0 Å². The Labute approximate surface area is 119 Å². The van der Waals surface area contributed by atoms with Gasteiger partial charge in [-0.1, -0.05) is 6.92 Å². The molecule has 1 aromatic rings. The summed E-state index contributed by atoms with van der Waals surface area (Å²) in [6, 6.07) is 1.89. The molecule has 20 heavy (non-hydrogen) atoms. The van der Waals surface area contributed by atoms with E-state index in [4.69, 9.17) is 10.5 Å². The van der Waals surface area contributed by atoms with Crippen LogP contribution in [0.5, 0.6) is 0 Å². The minimum atomic E-state index is 0.292.